The predicted molar refractivity (Wildman–Crippen MR) is 93.6 cm³/mol. The number of nitrogens with one attached hydrogen (secondary N) is 2. The van der Waals surface area contributed by atoms with Crippen LogP contribution in [0.5, 0.6) is 0 Å². The van der Waals surface area contributed by atoms with E-state index in [9.17, 15) is 19.7 Å². The zero-order valence-electron chi connectivity index (χ0n) is 13.6. The molecular weight excluding hydrogens is 322 g/mol. The second-order valence-electron chi connectivity index (χ2n) is 6.05. The first-order valence-electron chi connectivity index (χ1n) is 7.91. The molecule has 3 rings (SSSR count). The molecule has 0 aromatic heterocycles. The SMILES string of the molecule is Cc1ccc([N+](=O)[O-])cc1NC(=O)c1cccc(NC(=O)C2CC2)c1. The van der Waals surface area contributed by atoms with Gasteiger partial charge >= 0.3 is 0 Å². The van der Waals surface area contributed by atoms with Crippen LogP contribution in [0.1, 0.15) is 28.8 Å². The highest BCUT2D eigenvalue weighted by Crippen LogP contribution is 2.30. The van der Waals surface area contributed by atoms with Crippen molar-refractivity contribution in [2.45, 2.75) is 19.8 Å². The molecular formula is C18H17N3O4. The molecule has 1 saturated carbocycles. The van der Waals surface area contributed by atoms with Crippen LogP contribution in [0.4, 0.5) is 17.1 Å². The van der Waals surface area contributed by atoms with Gasteiger partial charge in [-0.15, -0.1) is 0 Å². The molecule has 0 heterocycles. The summed E-state index contributed by atoms with van der Waals surface area (Å²) >= 11 is 0. The number of nitro groups is 1. The average molecular weight is 339 g/mol. The molecule has 0 bridgehead atoms. The molecule has 2 amide bonds. The number of benzene rings is 2. The van der Waals surface area contributed by atoms with E-state index in [4.69, 9.17) is 0 Å². The number of carbonyl (C=O) groups excluding carboxylic acids is 2. The Morgan fingerprint density at radius 2 is 1.88 bits per heavy atom. The molecule has 0 saturated heterocycles. The minimum atomic E-state index is -0.511. The van der Waals surface area contributed by atoms with Gasteiger partial charge in [-0.05, 0) is 43.5 Å². The summed E-state index contributed by atoms with van der Waals surface area (Å²) in [5.41, 5.74) is 1.93. The van der Waals surface area contributed by atoms with Crippen LogP contribution in [0.25, 0.3) is 0 Å². The van der Waals surface area contributed by atoms with Crippen molar-refractivity contribution in [3.8, 4) is 0 Å². The molecule has 0 spiro atoms. The lowest BCUT2D eigenvalue weighted by molar-refractivity contribution is -0.384. The number of aryl methyl sites for hydroxylation is 1. The van der Waals surface area contributed by atoms with Gasteiger partial charge in [0.15, 0.2) is 0 Å². The normalized spacial score (nSPS) is 13.2. The zero-order valence-corrected chi connectivity index (χ0v) is 13.6. The Morgan fingerprint density at radius 1 is 1.12 bits per heavy atom. The van der Waals surface area contributed by atoms with Gasteiger partial charge in [0.25, 0.3) is 11.6 Å². The van der Waals surface area contributed by atoms with Crippen LogP contribution < -0.4 is 10.6 Å². The van der Waals surface area contributed by atoms with Gasteiger partial charge in [-0.2, -0.15) is 0 Å². The van der Waals surface area contributed by atoms with Gasteiger partial charge < -0.3 is 10.6 Å². The summed E-state index contributed by atoms with van der Waals surface area (Å²) in [6.45, 7) is 1.76. The van der Waals surface area contributed by atoms with Gasteiger partial charge in [0.1, 0.15) is 0 Å². The summed E-state index contributed by atoms with van der Waals surface area (Å²) in [4.78, 5) is 34.6. The molecule has 128 valence electrons. The van der Waals surface area contributed by atoms with Crippen LogP contribution in [-0.4, -0.2) is 16.7 Å². The summed E-state index contributed by atoms with van der Waals surface area (Å²) in [5, 5.41) is 16.4. The van der Waals surface area contributed by atoms with Crippen molar-refractivity contribution in [3.05, 3.63) is 63.7 Å². The van der Waals surface area contributed by atoms with Crippen molar-refractivity contribution >= 4 is 28.9 Å². The Labute approximate surface area is 144 Å². The number of hydrogen-bond donors (Lipinski definition) is 2. The van der Waals surface area contributed by atoms with E-state index in [-0.39, 0.29) is 17.5 Å². The van der Waals surface area contributed by atoms with E-state index >= 15 is 0 Å². The maximum absolute atomic E-state index is 12.4. The van der Waals surface area contributed by atoms with E-state index in [2.05, 4.69) is 10.6 Å². The topological polar surface area (TPSA) is 101 Å². The van der Waals surface area contributed by atoms with Crippen LogP contribution in [0.3, 0.4) is 0 Å². The highest BCUT2D eigenvalue weighted by molar-refractivity contribution is 6.06. The van der Waals surface area contributed by atoms with E-state index < -0.39 is 10.8 Å². The average Bonchev–Trinajstić information content (AvgIpc) is 3.42. The molecule has 1 aliphatic rings. The van der Waals surface area contributed by atoms with Gasteiger partial charge in [-0.1, -0.05) is 12.1 Å². The van der Waals surface area contributed by atoms with Crippen LogP contribution in [0, 0.1) is 23.0 Å². The smallest absolute Gasteiger partial charge is 0.271 e. The predicted octanol–water partition coefficient (Wildman–Crippen LogP) is 3.50. The fourth-order valence-electron chi connectivity index (χ4n) is 2.38. The van der Waals surface area contributed by atoms with Crippen molar-refractivity contribution in [2.24, 2.45) is 5.92 Å². The molecule has 2 aromatic rings. The van der Waals surface area contributed by atoms with Gasteiger partial charge in [-0.25, -0.2) is 0 Å². The van der Waals surface area contributed by atoms with Crippen LogP contribution in [-0.2, 0) is 4.79 Å². The number of nitrogens with zero attached hydrogens (tertiary/aromatic N) is 1. The standard InChI is InChI=1S/C18H17N3O4/c1-11-5-8-15(21(24)25)10-16(11)20-18(23)13-3-2-4-14(9-13)19-17(22)12-6-7-12/h2-5,8-10,12H,6-7H2,1H3,(H,19,22)(H,20,23). The monoisotopic (exact) mass is 339 g/mol. The third-order valence-corrected chi connectivity index (χ3v) is 4.02. The first-order chi connectivity index (χ1) is 11.9. The van der Waals surface area contributed by atoms with Gasteiger partial charge in [0.2, 0.25) is 5.91 Å². The maximum atomic E-state index is 12.4. The molecule has 0 aliphatic heterocycles. The maximum Gasteiger partial charge on any atom is 0.271 e. The third kappa shape index (κ3) is 4.00. The molecule has 7 nitrogen and oxygen atoms in total. The highest BCUT2D eigenvalue weighted by atomic mass is 16.6. The number of amides is 2. The summed E-state index contributed by atoms with van der Waals surface area (Å²) < 4.78 is 0. The number of carbonyl (C=O) groups is 2. The Kier molecular flexibility index (Phi) is 4.47. The van der Waals surface area contributed by atoms with Crippen LogP contribution in [0.2, 0.25) is 0 Å². The highest BCUT2D eigenvalue weighted by Gasteiger charge is 2.29. The molecule has 1 fully saturated rings. The first kappa shape index (κ1) is 16.6. The molecule has 0 unspecified atom stereocenters. The minimum absolute atomic E-state index is 0.0351. The number of anilines is 2. The Balaban J connectivity index is 1.76. The molecule has 1 aliphatic carbocycles. The second kappa shape index (κ2) is 6.72. The molecule has 2 aromatic carbocycles. The van der Waals surface area contributed by atoms with Gasteiger partial charge in [0, 0.05) is 29.3 Å². The van der Waals surface area contributed by atoms with E-state index in [1.807, 2.05) is 0 Å². The van der Waals surface area contributed by atoms with Crippen molar-refractivity contribution in [1.82, 2.24) is 0 Å². The summed E-state index contributed by atoms with van der Waals surface area (Å²) in [7, 11) is 0. The Morgan fingerprint density at radius 3 is 2.56 bits per heavy atom. The Bertz CT molecular complexity index is 859. The fourth-order valence-corrected chi connectivity index (χ4v) is 2.38. The fraction of sp³-hybridized carbons (Fsp3) is 0.222. The zero-order chi connectivity index (χ0) is 18.0. The summed E-state index contributed by atoms with van der Waals surface area (Å²) in [6.07, 6.45) is 1.80. The molecule has 2 N–H and O–H groups in total. The van der Waals surface area contributed by atoms with E-state index in [0.717, 1.165) is 18.4 Å². The molecule has 25 heavy (non-hydrogen) atoms. The minimum Gasteiger partial charge on any atom is -0.326 e. The lowest BCUT2D eigenvalue weighted by Gasteiger charge is -2.10. The molecule has 0 atom stereocenters. The van der Waals surface area contributed by atoms with Crippen molar-refractivity contribution in [3.63, 3.8) is 0 Å². The largest absolute Gasteiger partial charge is 0.326 e. The van der Waals surface area contributed by atoms with E-state index in [1.54, 1.807) is 37.3 Å². The lowest BCUT2D eigenvalue weighted by Crippen LogP contribution is -2.16. The second-order valence-corrected chi connectivity index (χ2v) is 6.05. The first-order valence-corrected chi connectivity index (χ1v) is 7.91. The molecule has 7 heteroatoms. The number of rotatable bonds is 5. The van der Waals surface area contributed by atoms with Crippen molar-refractivity contribution in [1.29, 1.82) is 0 Å². The molecule has 0 radical (unpaired) electrons. The van der Waals surface area contributed by atoms with Crippen LogP contribution in [0.15, 0.2) is 42.5 Å². The summed E-state index contributed by atoms with van der Waals surface area (Å²) in [6, 6.07) is 10.9. The van der Waals surface area contributed by atoms with Gasteiger partial charge in [-0.3, -0.25) is 19.7 Å². The number of nitro benzene ring substituents is 1. The third-order valence-electron chi connectivity index (χ3n) is 4.02. The lowest BCUT2D eigenvalue weighted by atomic mass is 10.1. The Hall–Kier alpha value is -3.22. The number of hydrogen-bond acceptors (Lipinski definition) is 4. The van der Waals surface area contributed by atoms with Crippen molar-refractivity contribution in [2.75, 3.05) is 10.6 Å². The van der Waals surface area contributed by atoms with Crippen molar-refractivity contribution < 1.29 is 14.5 Å². The van der Waals surface area contributed by atoms with E-state index in [1.165, 1.54) is 12.1 Å². The quantitative estimate of drug-likeness (QED) is 0.643. The van der Waals surface area contributed by atoms with Crippen LogP contribution >= 0.6 is 0 Å². The van der Waals surface area contributed by atoms with E-state index in [0.29, 0.717) is 16.9 Å². The van der Waals surface area contributed by atoms with Gasteiger partial charge in [0.05, 0.1) is 10.6 Å². The summed E-state index contributed by atoms with van der Waals surface area (Å²) in [5.74, 6) is -0.358. The number of non-ortho nitro benzene ring substituents is 1.